The Balaban J connectivity index is 1.75. The highest BCUT2D eigenvalue weighted by molar-refractivity contribution is 9.10. The number of carbonyl (C=O) groups excluding carboxylic acids is 1. The molecular formula is C23H19BrN4O. The van der Waals surface area contributed by atoms with Crippen molar-refractivity contribution in [3.8, 4) is 17.1 Å². The van der Waals surface area contributed by atoms with E-state index in [0.717, 1.165) is 32.5 Å². The van der Waals surface area contributed by atoms with Crippen molar-refractivity contribution in [1.82, 2.24) is 14.8 Å². The lowest BCUT2D eigenvalue weighted by Crippen LogP contribution is -2.15. The molecule has 1 aromatic heterocycles. The Kier molecular flexibility index (Phi) is 5.27. The first kappa shape index (κ1) is 19.1. The van der Waals surface area contributed by atoms with Crippen LogP contribution < -0.4 is 5.32 Å². The van der Waals surface area contributed by atoms with E-state index in [2.05, 4.69) is 31.3 Å². The van der Waals surface area contributed by atoms with Gasteiger partial charge in [-0.3, -0.25) is 4.79 Å². The highest BCUT2D eigenvalue weighted by Gasteiger charge is 2.19. The zero-order valence-corrected chi connectivity index (χ0v) is 17.6. The van der Waals surface area contributed by atoms with Gasteiger partial charge in [0.05, 0.1) is 5.69 Å². The smallest absolute Gasteiger partial charge is 0.295 e. The third-order valence-electron chi connectivity index (χ3n) is 4.52. The van der Waals surface area contributed by atoms with Crippen molar-refractivity contribution in [2.24, 2.45) is 0 Å². The van der Waals surface area contributed by atoms with Crippen LogP contribution in [0, 0.1) is 13.8 Å². The molecule has 3 aromatic carbocycles. The van der Waals surface area contributed by atoms with Gasteiger partial charge in [-0.2, -0.15) is 0 Å². The van der Waals surface area contributed by atoms with E-state index in [1.807, 2.05) is 86.6 Å². The summed E-state index contributed by atoms with van der Waals surface area (Å²) >= 11 is 3.44. The van der Waals surface area contributed by atoms with E-state index in [-0.39, 0.29) is 11.7 Å². The van der Waals surface area contributed by atoms with Gasteiger partial charge in [0.1, 0.15) is 0 Å². The van der Waals surface area contributed by atoms with Crippen molar-refractivity contribution in [3.63, 3.8) is 0 Å². The van der Waals surface area contributed by atoms with Crippen LogP contribution >= 0.6 is 15.9 Å². The van der Waals surface area contributed by atoms with Crippen LogP contribution in [0.3, 0.4) is 0 Å². The number of aromatic nitrogens is 3. The van der Waals surface area contributed by atoms with Gasteiger partial charge in [0.25, 0.3) is 5.91 Å². The molecule has 0 spiro atoms. The van der Waals surface area contributed by atoms with Crippen LogP contribution in [-0.2, 0) is 0 Å². The summed E-state index contributed by atoms with van der Waals surface area (Å²) in [7, 11) is 0. The Labute approximate surface area is 177 Å². The summed E-state index contributed by atoms with van der Waals surface area (Å²) in [5.41, 5.74) is 4.54. The maximum absolute atomic E-state index is 12.9. The van der Waals surface area contributed by atoms with E-state index >= 15 is 0 Å². The van der Waals surface area contributed by atoms with E-state index in [4.69, 9.17) is 0 Å². The molecule has 4 rings (SSSR count). The largest absolute Gasteiger partial charge is 0.319 e. The van der Waals surface area contributed by atoms with Gasteiger partial charge in [0.2, 0.25) is 5.82 Å². The zero-order chi connectivity index (χ0) is 20.4. The highest BCUT2D eigenvalue weighted by Crippen LogP contribution is 2.24. The number of anilines is 1. The SMILES string of the molecule is Cc1cccc(-c2nc(C(=O)Nc3ccc(Br)cc3C)nn2-c2ccccc2)c1. The van der Waals surface area contributed by atoms with Crippen LogP contribution in [0.4, 0.5) is 5.69 Å². The Morgan fingerprint density at radius 2 is 1.76 bits per heavy atom. The summed E-state index contributed by atoms with van der Waals surface area (Å²) in [4.78, 5) is 17.5. The van der Waals surface area contributed by atoms with Crippen molar-refractivity contribution in [3.05, 3.63) is 94.2 Å². The van der Waals surface area contributed by atoms with Crippen LogP contribution in [0.5, 0.6) is 0 Å². The summed E-state index contributed by atoms with van der Waals surface area (Å²) in [6.07, 6.45) is 0. The van der Waals surface area contributed by atoms with Crippen molar-refractivity contribution >= 4 is 27.5 Å². The first-order chi connectivity index (χ1) is 14.0. The van der Waals surface area contributed by atoms with E-state index < -0.39 is 0 Å². The number of carbonyl (C=O) groups is 1. The minimum Gasteiger partial charge on any atom is -0.319 e. The third-order valence-corrected chi connectivity index (χ3v) is 5.02. The van der Waals surface area contributed by atoms with E-state index in [9.17, 15) is 4.79 Å². The molecule has 0 bridgehead atoms. The lowest BCUT2D eigenvalue weighted by Gasteiger charge is -2.06. The predicted molar refractivity (Wildman–Crippen MR) is 118 cm³/mol. The molecule has 0 unspecified atom stereocenters. The molecule has 1 N–H and O–H groups in total. The summed E-state index contributed by atoms with van der Waals surface area (Å²) in [6, 6.07) is 23.4. The van der Waals surface area contributed by atoms with Crippen LogP contribution in [0.1, 0.15) is 21.7 Å². The monoisotopic (exact) mass is 446 g/mol. The minimum atomic E-state index is -0.348. The van der Waals surface area contributed by atoms with Gasteiger partial charge in [-0.15, -0.1) is 5.10 Å². The van der Waals surface area contributed by atoms with Crippen LogP contribution in [0.2, 0.25) is 0 Å². The molecule has 29 heavy (non-hydrogen) atoms. The quantitative estimate of drug-likeness (QED) is 0.445. The van der Waals surface area contributed by atoms with E-state index in [1.165, 1.54) is 0 Å². The lowest BCUT2D eigenvalue weighted by atomic mass is 10.1. The number of nitrogens with zero attached hydrogens (tertiary/aromatic N) is 3. The van der Waals surface area contributed by atoms with Gasteiger partial charge in [-0.1, -0.05) is 57.9 Å². The average Bonchev–Trinajstić information content (AvgIpc) is 3.16. The van der Waals surface area contributed by atoms with Crippen LogP contribution in [0.25, 0.3) is 17.1 Å². The highest BCUT2D eigenvalue weighted by atomic mass is 79.9. The third kappa shape index (κ3) is 4.12. The Morgan fingerprint density at radius 1 is 0.966 bits per heavy atom. The first-order valence-corrected chi connectivity index (χ1v) is 9.97. The molecule has 0 radical (unpaired) electrons. The summed E-state index contributed by atoms with van der Waals surface area (Å²) in [5.74, 6) is 0.393. The molecule has 5 nitrogen and oxygen atoms in total. The number of hydrogen-bond donors (Lipinski definition) is 1. The molecule has 0 aliphatic heterocycles. The van der Waals surface area contributed by atoms with Crippen molar-refractivity contribution < 1.29 is 4.79 Å². The Bertz CT molecular complexity index is 1180. The molecule has 1 heterocycles. The van der Waals surface area contributed by atoms with E-state index in [1.54, 1.807) is 4.68 Å². The second kappa shape index (κ2) is 8.01. The number of rotatable bonds is 4. The molecule has 1 amide bonds. The Hall–Kier alpha value is -3.25. The number of benzene rings is 3. The van der Waals surface area contributed by atoms with Crippen LogP contribution in [0.15, 0.2) is 77.3 Å². The summed E-state index contributed by atoms with van der Waals surface area (Å²) < 4.78 is 2.67. The molecular weight excluding hydrogens is 428 g/mol. The number of hydrogen-bond acceptors (Lipinski definition) is 3. The average molecular weight is 447 g/mol. The lowest BCUT2D eigenvalue weighted by molar-refractivity contribution is 0.101. The molecule has 0 atom stereocenters. The van der Waals surface area contributed by atoms with Gasteiger partial charge in [-0.05, 0) is 55.8 Å². The predicted octanol–water partition coefficient (Wildman–Crippen LogP) is 5.57. The maximum Gasteiger partial charge on any atom is 0.295 e. The minimum absolute atomic E-state index is 0.118. The standard InChI is InChI=1S/C23H19BrN4O/c1-15-7-6-8-17(13-15)22-26-21(27-28(22)19-9-4-3-5-10-19)23(29)25-20-12-11-18(24)14-16(20)2/h3-14H,1-2H3,(H,25,29). The summed E-state index contributed by atoms with van der Waals surface area (Å²) in [5, 5.41) is 7.42. The van der Waals surface area contributed by atoms with Crippen molar-refractivity contribution in [2.75, 3.05) is 5.32 Å². The second-order valence-electron chi connectivity index (χ2n) is 6.79. The van der Waals surface area contributed by atoms with Gasteiger partial charge >= 0.3 is 0 Å². The van der Waals surface area contributed by atoms with Crippen molar-refractivity contribution in [2.45, 2.75) is 13.8 Å². The summed E-state index contributed by atoms with van der Waals surface area (Å²) in [6.45, 7) is 3.96. The first-order valence-electron chi connectivity index (χ1n) is 9.18. The molecule has 0 aliphatic carbocycles. The van der Waals surface area contributed by atoms with Crippen LogP contribution in [-0.4, -0.2) is 20.7 Å². The topological polar surface area (TPSA) is 59.8 Å². The molecule has 4 aromatic rings. The van der Waals surface area contributed by atoms with Gasteiger partial charge in [-0.25, -0.2) is 9.67 Å². The fourth-order valence-corrected chi connectivity index (χ4v) is 3.55. The second-order valence-corrected chi connectivity index (χ2v) is 7.70. The molecule has 6 heteroatoms. The number of amides is 1. The number of para-hydroxylation sites is 1. The van der Waals surface area contributed by atoms with Gasteiger partial charge < -0.3 is 5.32 Å². The fraction of sp³-hybridized carbons (Fsp3) is 0.0870. The van der Waals surface area contributed by atoms with Gasteiger partial charge in [0.15, 0.2) is 5.82 Å². The van der Waals surface area contributed by atoms with Crippen molar-refractivity contribution in [1.29, 1.82) is 0 Å². The molecule has 0 saturated heterocycles. The molecule has 0 saturated carbocycles. The van der Waals surface area contributed by atoms with E-state index in [0.29, 0.717) is 5.82 Å². The van der Waals surface area contributed by atoms with Gasteiger partial charge in [0, 0.05) is 15.7 Å². The number of aryl methyl sites for hydroxylation is 2. The zero-order valence-electron chi connectivity index (χ0n) is 16.1. The maximum atomic E-state index is 12.9. The molecule has 144 valence electrons. The molecule has 0 aliphatic rings. The normalized spacial score (nSPS) is 10.7. The number of nitrogens with one attached hydrogen (secondary N) is 1. The fourth-order valence-electron chi connectivity index (χ4n) is 3.07. The molecule has 0 fully saturated rings. The Morgan fingerprint density at radius 3 is 2.48 bits per heavy atom. The number of halogens is 1.